The zero-order valence-electron chi connectivity index (χ0n) is 15.6. The highest BCUT2D eigenvalue weighted by molar-refractivity contribution is 5.83. The van der Waals surface area contributed by atoms with Gasteiger partial charge in [-0.2, -0.15) is 5.26 Å². The molecule has 140 valence electrons. The number of aliphatic hydroxyl groups is 1. The number of benzene rings is 1. The molecule has 2 heterocycles. The van der Waals surface area contributed by atoms with Crippen LogP contribution in [0.1, 0.15) is 25.0 Å². The number of pyridine rings is 1. The minimum absolute atomic E-state index is 0.0713. The van der Waals surface area contributed by atoms with Gasteiger partial charge in [-0.25, -0.2) is 4.98 Å². The maximum Gasteiger partial charge on any atom is 0.231 e. The van der Waals surface area contributed by atoms with Crippen LogP contribution in [0.4, 0.5) is 0 Å². The molecule has 0 fully saturated rings. The van der Waals surface area contributed by atoms with Gasteiger partial charge in [0.1, 0.15) is 24.3 Å². The monoisotopic (exact) mass is 364 g/mol. The van der Waals surface area contributed by atoms with Crippen molar-refractivity contribution in [3.63, 3.8) is 0 Å². The predicted octanol–water partition coefficient (Wildman–Crippen LogP) is 2.79. The molecule has 1 unspecified atom stereocenters. The Balaban J connectivity index is 1.53. The lowest BCUT2D eigenvalue weighted by Gasteiger charge is -2.27. The first-order valence-corrected chi connectivity index (χ1v) is 8.94. The first kappa shape index (κ1) is 18.9. The molecule has 0 aliphatic carbocycles. The Morgan fingerprint density at radius 3 is 2.93 bits per heavy atom. The van der Waals surface area contributed by atoms with E-state index in [9.17, 15) is 5.11 Å². The van der Waals surface area contributed by atoms with Crippen molar-refractivity contribution in [1.29, 1.82) is 5.26 Å². The first-order chi connectivity index (χ1) is 13.0. The zero-order chi connectivity index (χ0) is 19.3. The molecule has 0 aliphatic rings. The normalized spacial score (nSPS) is 12.7. The lowest BCUT2D eigenvalue weighted by Crippen LogP contribution is -2.46. The molecule has 0 radical (unpaired) electrons. The minimum atomic E-state index is -0.708. The third-order valence-electron chi connectivity index (χ3n) is 4.43. The lowest BCUT2D eigenvalue weighted by molar-refractivity contribution is 0.0964. The van der Waals surface area contributed by atoms with Crippen LogP contribution in [0, 0.1) is 11.3 Å². The molecule has 0 saturated heterocycles. The molecule has 0 spiro atoms. The first-order valence-electron chi connectivity index (χ1n) is 8.94. The fourth-order valence-electron chi connectivity index (χ4n) is 3.04. The maximum absolute atomic E-state index is 10.2. The van der Waals surface area contributed by atoms with Crippen LogP contribution in [-0.4, -0.2) is 39.9 Å². The van der Waals surface area contributed by atoms with Gasteiger partial charge < -0.3 is 20.1 Å². The predicted molar refractivity (Wildman–Crippen MR) is 105 cm³/mol. The Kier molecular flexibility index (Phi) is 5.75. The number of hydrogen-bond acceptors (Lipinski definition) is 5. The van der Waals surface area contributed by atoms with Gasteiger partial charge >= 0.3 is 0 Å². The average Bonchev–Trinajstić information content (AvgIpc) is 3.07. The molecule has 1 atom stereocenters. The van der Waals surface area contributed by atoms with Crippen LogP contribution < -0.4 is 10.1 Å². The summed E-state index contributed by atoms with van der Waals surface area (Å²) in [7, 11) is 0. The van der Waals surface area contributed by atoms with Crippen molar-refractivity contribution in [2.75, 3.05) is 13.2 Å². The number of ether oxygens (including phenoxy) is 1. The molecule has 6 nitrogen and oxygen atoms in total. The fraction of sp³-hybridized carbons (Fsp3) is 0.333. The summed E-state index contributed by atoms with van der Waals surface area (Å²) in [6.45, 7) is 4.66. The van der Waals surface area contributed by atoms with Crippen LogP contribution in [0.5, 0.6) is 5.88 Å². The summed E-state index contributed by atoms with van der Waals surface area (Å²) >= 11 is 0. The second kappa shape index (κ2) is 8.21. The van der Waals surface area contributed by atoms with Gasteiger partial charge in [-0.3, -0.25) is 0 Å². The summed E-state index contributed by atoms with van der Waals surface area (Å²) in [5.41, 5.74) is 2.52. The van der Waals surface area contributed by atoms with E-state index in [0.717, 1.165) is 11.9 Å². The third kappa shape index (κ3) is 4.85. The molecule has 0 amide bonds. The largest absolute Gasteiger partial charge is 0.474 e. The van der Waals surface area contributed by atoms with Crippen LogP contribution in [0.2, 0.25) is 0 Å². The van der Waals surface area contributed by atoms with Gasteiger partial charge in [0.2, 0.25) is 5.88 Å². The lowest BCUT2D eigenvalue weighted by atomic mass is 9.94. The highest BCUT2D eigenvalue weighted by Crippen LogP contribution is 2.22. The van der Waals surface area contributed by atoms with E-state index in [-0.39, 0.29) is 18.0 Å². The second-order valence-corrected chi connectivity index (χ2v) is 7.23. The molecule has 6 heteroatoms. The van der Waals surface area contributed by atoms with Crippen molar-refractivity contribution < 1.29 is 9.84 Å². The van der Waals surface area contributed by atoms with Gasteiger partial charge in [-0.15, -0.1) is 0 Å². The fourth-order valence-corrected chi connectivity index (χ4v) is 3.04. The zero-order valence-corrected chi connectivity index (χ0v) is 15.6. The highest BCUT2D eigenvalue weighted by atomic mass is 16.5. The van der Waals surface area contributed by atoms with Crippen LogP contribution >= 0.6 is 0 Å². The molecule has 0 bridgehead atoms. The number of hydrogen-bond donors (Lipinski definition) is 3. The number of nitriles is 1. The van der Waals surface area contributed by atoms with E-state index in [4.69, 9.17) is 10.00 Å². The van der Waals surface area contributed by atoms with Crippen molar-refractivity contribution in [3.8, 4) is 11.9 Å². The van der Waals surface area contributed by atoms with Gasteiger partial charge in [-0.05, 0) is 44.0 Å². The number of β-amino-alcohol motifs (C(OH)–C–C–N with tert-alkyl or cyclic N) is 1. The van der Waals surface area contributed by atoms with Gasteiger partial charge in [0, 0.05) is 35.4 Å². The second-order valence-electron chi connectivity index (χ2n) is 7.23. The molecular formula is C21H24N4O2. The molecule has 3 rings (SSSR count). The summed E-state index contributed by atoms with van der Waals surface area (Å²) < 4.78 is 5.49. The van der Waals surface area contributed by atoms with Crippen LogP contribution in [-0.2, 0) is 6.42 Å². The number of aliphatic hydroxyl groups excluding tert-OH is 1. The summed E-state index contributed by atoms with van der Waals surface area (Å²) in [5.74, 6) is 0.247. The van der Waals surface area contributed by atoms with Gasteiger partial charge in [0.25, 0.3) is 0 Å². The van der Waals surface area contributed by atoms with Crippen molar-refractivity contribution in [3.05, 3.63) is 59.9 Å². The Morgan fingerprint density at radius 1 is 1.30 bits per heavy atom. The van der Waals surface area contributed by atoms with Crippen LogP contribution in [0.15, 0.2) is 48.8 Å². The van der Waals surface area contributed by atoms with Crippen molar-refractivity contribution in [1.82, 2.24) is 15.3 Å². The number of nitrogens with one attached hydrogen (secondary N) is 2. The molecular weight excluding hydrogens is 340 g/mol. The number of fused-ring (bicyclic) bond motifs is 1. The van der Waals surface area contributed by atoms with E-state index >= 15 is 0 Å². The van der Waals surface area contributed by atoms with E-state index in [0.29, 0.717) is 12.1 Å². The Morgan fingerprint density at radius 2 is 2.11 bits per heavy atom. The Labute approximate surface area is 158 Å². The number of H-pyrrole nitrogens is 1. The van der Waals surface area contributed by atoms with Crippen molar-refractivity contribution in [2.45, 2.75) is 31.9 Å². The van der Waals surface area contributed by atoms with Gasteiger partial charge in [0.05, 0.1) is 0 Å². The number of aromatic nitrogens is 2. The number of para-hydroxylation sites is 1. The summed E-state index contributed by atoms with van der Waals surface area (Å²) in [6, 6.07) is 13.6. The standard InChI is InChI=1S/C21H24N4O2/c1-21(2,10-16-12-24-19-8-4-3-7-18(16)19)25-13-17(26)14-27-20-15(11-22)6-5-9-23-20/h3-9,12,17,24-26H,10,13-14H2,1-2H3. The Bertz CT molecular complexity index is 943. The van der Waals surface area contributed by atoms with Crippen molar-refractivity contribution >= 4 is 10.9 Å². The number of rotatable bonds is 8. The molecule has 2 aromatic heterocycles. The molecule has 1 aromatic carbocycles. The third-order valence-corrected chi connectivity index (χ3v) is 4.43. The van der Waals surface area contributed by atoms with Crippen LogP contribution in [0.3, 0.4) is 0 Å². The van der Waals surface area contributed by atoms with E-state index in [2.05, 4.69) is 41.3 Å². The van der Waals surface area contributed by atoms with E-state index < -0.39 is 6.10 Å². The average molecular weight is 364 g/mol. The maximum atomic E-state index is 10.2. The topological polar surface area (TPSA) is 94.0 Å². The highest BCUT2D eigenvalue weighted by Gasteiger charge is 2.21. The molecule has 0 saturated carbocycles. The molecule has 3 N–H and O–H groups in total. The molecule has 0 aliphatic heterocycles. The summed E-state index contributed by atoms with van der Waals surface area (Å²) in [4.78, 5) is 7.32. The number of nitrogens with zero attached hydrogens (tertiary/aromatic N) is 2. The van der Waals surface area contributed by atoms with E-state index in [1.807, 2.05) is 24.4 Å². The van der Waals surface area contributed by atoms with Crippen LogP contribution in [0.25, 0.3) is 10.9 Å². The summed E-state index contributed by atoms with van der Waals surface area (Å²) in [5, 5.41) is 23.9. The number of aromatic amines is 1. The smallest absolute Gasteiger partial charge is 0.231 e. The van der Waals surface area contributed by atoms with E-state index in [1.54, 1.807) is 18.3 Å². The Hall–Kier alpha value is -2.88. The van der Waals surface area contributed by atoms with E-state index in [1.165, 1.54) is 10.9 Å². The molecule has 3 aromatic rings. The quantitative estimate of drug-likeness (QED) is 0.571. The van der Waals surface area contributed by atoms with Crippen molar-refractivity contribution in [2.24, 2.45) is 0 Å². The minimum Gasteiger partial charge on any atom is -0.474 e. The summed E-state index contributed by atoms with van der Waals surface area (Å²) in [6.07, 6.45) is 3.72. The van der Waals surface area contributed by atoms with Gasteiger partial charge in [0.15, 0.2) is 0 Å². The molecule has 27 heavy (non-hydrogen) atoms. The SMILES string of the molecule is CC(C)(Cc1c[nH]c2ccccc12)NCC(O)COc1ncccc1C#N. The van der Waals surface area contributed by atoms with Gasteiger partial charge in [-0.1, -0.05) is 18.2 Å².